The summed E-state index contributed by atoms with van der Waals surface area (Å²) in [5.41, 5.74) is 6.31. The molecule has 0 bridgehead atoms. The van der Waals surface area contributed by atoms with Crippen LogP contribution in [0.4, 0.5) is 11.5 Å². The number of piperazine rings is 1. The fourth-order valence-electron chi connectivity index (χ4n) is 1.79. The quantitative estimate of drug-likeness (QED) is 0.723. The van der Waals surface area contributed by atoms with E-state index in [0.29, 0.717) is 5.69 Å². The Morgan fingerprint density at radius 2 is 2.06 bits per heavy atom. The van der Waals surface area contributed by atoms with E-state index in [1.54, 1.807) is 20.9 Å². The molecule has 1 aliphatic heterocycles. The third-order valence-electron chi connectivity index (χ3n) is 2.66. The number of aromatic nitrogens is 1. The molecule has 1 aromatic rings. The van der Waals surface area contributed by atoms with Crippen LogP contribution in [0.15, 0.2) is 18.3 Å². The average Bonchev–Trinajstić information content (AvgIpc) is 2.32. The van der Waals surface area contributed by atoms with Crippen molar-refractivity contribution in [3.8, 4) is 0 Å². The second-order valence-electron chi connectivity index (χ2n) is 3.81. The highest BCUT2D eigenvalue weighted by Crippen LogP contribution is 2.14. The van der Waals surface area contributed by atoms with E-state index in [2.05, 4.69) is 14.7 Å². The number of nitrogens with two attached hydrogens (primary N) is 1. The fraction of sp³-hybridized carbons (Fsp3) is 0.500. The second kappa shape index (κ2) is 5.18. The molecule has 2 N–H and O–H groups in total. The lowest BCUT2D eigenvalue weighted by atomic mass is 10.1. The van der Waals surface area contributed by atoms with Crippen LogP contribution in [-0.2, 0) is 4.65 Å². The lowest BCUT2D eigenvalue weighted by Crippen LogP contribution is -2.48. The number of nitrogens with zero attached hydrogens (tertiary/aromatic N) is 3. The lowest BCUT2D eigenvalue weighted by Gasteiger charge is -2.34. The third kappa shape index (κ3) is 2.65. The number of pyridine rings is 1. The Balaban J connectivity index is 1.91. The van der Waals surface area contributed by atoms with Crippen LogP contribution in [0, 0.1) is 0 Å². The lowest BCUT2D eigenvalue weighted by molar-refractivity contribution is 0.323. The summed E-state index contributed by atoms with van der Waals surface area (Å²) in [6.45, 7) is 3.83. The van der Waals surface area contributed by atoms with Gasteiger partial charge in [-0.15, -0.1) is 0 Å². The molecule has 1 aromatic heterocycles. The first-order chi connectivity index (χ1) is 7.79. The summed E-state index contributed by atoms with van der Waals surface area (Å²) < 4.78 is 4.99. The van der Waals surface area contributed by atoms with Crippen molar-refractivity contribution < 1.29 is 4.65 Å². The highest BCUT2D eigenvalue weighted by atomic mass is 16.4. The first kappa shape index (κ1) is 11.2. The van der Waals surface area contributed by atoms with Gasteiger partial charge in [-0.1, -0.05) is 0 Å². The third-order valence-corrected chi connectivity index (χ3v) is 2.66. The zero-order valence-electron chi connectivity index (χ0n) is 9.47. The maximum Gasteiger partial charge on any atom is 0.398 e. The standard InChI is InChI=1S/C10H16BN4O/c1-16-11-15-6-4-14(5-7-15)10-3-2-9(12)8-13-10/h2-3,8H,4-7,12H2,1H3. The summed E-state index contributed by atoms with van der Waals surface area (Å²) in [4.78, 5) is 8.72. The van der Waals surface area contributed by atoms with Crippen molar-refractivity contribution in [3.05, 3.63) is 18.3 Å². The summed E-state index contributed by atoms with van der Waals surface area (Å²) >= 11 is 0. The van der Waals surface area contributed by atoms with Gasteiger partial charge in [-0.2, -0.15) is 0 Å². The smallest absolute Gasteiger partial charge is 0.398 e. The predicted molar refractivity (Wildman–Crippen MR) is 65.2 cm³/mol. The van der Waals surface area contributed by atoms with Gasteiger partial charge in [-0.05, 0) is 12.1 Å². The molecule has 1 aliphatic rings. The molecular formula is C10H16BN4O. The van der Waals surface area contributed by atoms with E-state index in [1.165, 1.54) is 0 Å². The Kier molecular flexibility index (Phi) is 3.64. The minimum atomic E-state index is 0.704. The molecule has 0 aliphatic carbocycles. The van der Waals surface area contributed by atoms with Gasteiger partial charge < -0.3 is 20.1 Å². The first-order valence-electron chi connectivity index (χ1n) is 5.36. The highest BCUT2D eigenvalue weighted by molar-refractivity contribution is 6.23. The molecule has 1 fully saturated rings. The highest BCUT2D eigenvalue weighted by Gasteiger charge is 2.18. The SMILES string of the molecule is CO[B]N1CCN(c2ccc(N)cn2)CC1. The van der Waals surface area contributed by atoms with E-state index in [0.717, 1.165) is 32.0 Å². The van der Waals surface area contributed by atoms with Crippen LogP contribution in [0.25, 0.3) is 0 Å². The topological polar surface area (TPSA) is 54.6 Å². The molecule has 0 spiro atoms. The molecule has 5 nitrogen and oxygen atoms in total. The maximum atomic E-state index is 5.61. The van der Waals surface area contributed by atoms with Gasteiger partial charge in [0.2, 0.25) is 0 Å². The minimum Gasteiger partial charge on any atom is -0.427 e. The normalized spacial score (nSPS) is 17.4. The minimum absolute atomic E-state index is 0.704. The Labute approximate surface area is 96.5 Å². The van der Waals surface area contributed by atoms with E-state index >= 15 is 0 Å². The number of anilines is 2. The zero-order valence-corrected chi connectivity index (χ0v) is 9.47. The van der Waals surface area contributed by atoms with Crippen LogP contribution in [0.2, 0.25) is 0 Å². The van der Waals surface area contributed by atoms with Gasteiger partial charge in [0.15, 0.2) is 0 Å². The Hall–Kier alpha value is -1.27. The molecule has 0 aromatic carbocycles. The molecule has 0 amide bonds. The van der Waals surface area contributed by atoms with Crippen molar-refractivity contribution >= 4 is 19.1 Å². The Morgan fingerprint density at radius 1 is 1.31 bits per heavy atom. The Morgan fingerprint density at radius 3 is 2.62 bits per heavy atom. The molecule has 2 heterocycles. The first-order valence-corrected chi connectivity index (χ1v) is 5.36. The van der Waals surface area contributed by atoms with Crippen LogP contribution >= 0.6 is 0 Å². The van der Waals surface area contributed by atoms with E-state index < -0.39 is 0 Å². The molecule has 0 atom stereocenters. The second-order valence-corrected chi connectivity index (χ2v) is 3.81. The molecule has 1 radical (unpaired) electrons. The van der Waals surface area contributed by atoms with Crippen molar-refractivity contribution in [1.82, 2.24) is 9.79 Å². The van der Waals surface area contributed by atoms with Crippen molar-refractivity contribution in [2.24, 2.45) is 0 Å². The maximum absolute atomic E-state index is 5.61. The van der Waals surface area contributed by atoms with Crippen molar-refractivity contribution in [3.63, 3.8) is 0 Å². The molecule has 2 rings (SSSR count). The van der Waals surface area contributed by atoms with Crippen LogP contribution in [0.5, 0.6) is 0 Å². The molecule has 6 heteroatoms. The van der Waals surface area contributed by atoms with E-state index in [4.69, 9.17) is 10.4 Å². The summed E-state index contributed by atoms with van der Waals surface area (Å²) in [6, 6.07) is 3.85. The largest absolute Gasteiger partial charge is 0.427 e. The molecule has 0 saturated carbocycles. The summed E-state index contributed by atoms with van der Waals surface area (Å²) in [7, 11) is 3.45. The molecule has 85 valence electrons. The number of nitrogen functional groups attached to an aromatic ring is 1. The predicted octanol–water partition coefficient (Wildman–Crippen LogP) is -0.0336. The van der Waals surface area contributed by atoms with Gasteiger partial charge in [0.25, 0.3) is 0 Å². The van der Waals surface area contributed by atoms with Gasteiger partial charge >= 0.3 is 7.62 Å². The van der Waals surface area contributed by atoms with Crippen molar-refractivity contribution in [2.45, 2.75) is 0 Å². The Bertz CT molecular complexity index is 324. The van der Waals surface area contributed by atoms with Crippen LogP contribution in [-0.4, -0.2) is 50.7 Å². The van der Waals surface area contributed by atoms with E-state index in [1.807, 2.05) is 12.1 Å². The van der Waals surface area contributed by atoms with Gasteiger partial charge in [0.05, 0.1) is 11.9 Å². The number of hydrogen-bond acceptors (Lipinski definition) is 5. The molecule has 1 saturated heterocycles. The van der Waals surface area contributed by atoms with Crippen molar-refractivity contribution in [2.75, 3.05) is 43.9 Å². The van der Waals surface area contributed by atoms with Gasteiger partial charge in [-0.25, -0.2) is 4.98 Å². The fourth-order valence-corrected chi connectivity index (χ4v) is 1.79. The van der Waals surface area contributed by atoms with E-state index in [-0.39, 0.29) is 0 Å². The number of rotatable bonds is 3. The zero-order chi connectivity index (χ0) is 11.4. The average molecular weight is 219 g/mol. The van der Waals surface area contributed by atoms with Crippen LogP contribution in [0.1, 0.15) is 0 Å². The monoisotopic (exact) mass is 219 g/mol. The summed E-state index contributed by atoms with van der Waals surface area (Å²) in [5, 5.41) is 0. The van der Waals surface area contributed by atoms with E-state index in [9.17, 15) is 0 Å². The van der Waals surface area contributed by atoms with Crippen LogP contribution in [0.3, 0.4) is 0 Å². The summed E-state index contributed by atoms with van der Waals surface area (Å²) in [5.74, 6) is 0.992. The molecule has 16 heavy (non-hydrogen) atoms. The van der Waals surface area contributed by atoms with Crippen LogP contribution < -0.4 is 10.6 Å². The number of hydrogen-bond donors (Lipinski definition) is 1. The van der Waals surface area contributed by atoms with Gasteiger partial charge in [0, 0.05) is 33.3 Å². The van der Waals surface area contributed by atoms with Crippen molar-refractivity contribution in [1.29, 1.82) is 0 Å². The molecule has 0 unspecified atom stereocenters. The molecular weight excluding hydrogens is 203 g/mol. The van der Waals surface area contributed by atoms with Gasteiger partial charge in [-0.3, -0.25) is 0 Å². The summed E-state index contributed by atoms with van der Waals surface area (Å²) in [6.07, 6.45) is 1.70. The van der Waals surface area contributed by atoms with Gasteiger partial charge in [0.1, 0.15) is 5.82 Å².